The van der Waals surface area contributed by atoms with Crippen LogP contribution in [0.4, 0.5) is 17.6 Å². The molecule has 0 saturated carbocycles. The van der Waals surface area contributed by atoms with Gasteiger partial charge in [-0.05, 0) is 42.4 Å². The normalized spacial score (nSPS) is 14.4. The van der Waals surface area contributed by atoms with Crippen molar-refractivity contribution in [3.05, 3.63) is 71.6 Å². The van der Waals surface area contributed by atoms with Gasteiger partial charge in [-0.1, -0.05) is 39.2 Å². The lowest BCUT2D eigenvalue weighted by Crippen LogP contribution is -2.04. The van der Waals surface area contributed by atoms with Gasteiger partial charge < -0.3 is 9.47 Å². The first-order valence-electron chi connectivity index (χ1n) is 8.81. The van der Waals surface area contributed by atoms with E-state index in [1.54, 1.807) is 13.0 Å². The molecule has 0 aliphatic carbocycles. The maximum absolute atomic E-state index is 14.1. The number of benzene rings is 1. The molecule has 0 bridgehead atoms. The fourth-order valence-electron chi connectivity index (χ4n) is 2.45. The van der Waals surface area contributed by atoms with Gasteiger partial charge in [-0.3, -0.25) is 0 Å². The van der Waals surface area contributed by atoms with E-state index in [0.717, 1.165) is 0 Å². The topological polar surface area (TPSA) is 18.5 Å². The van der Waals surface area contributed by atoms with E-state index >= 15 is 0 Å². The second kappa shape index (κ2) is 10.7. The maximum atomic E-state index is 14.1. The highest BCUT2D eigenvalue weighted by atomic mass is 19.2. The van der Waals surface area contributed by atoms with Crippen molar-refractivity contribution < 1.29 is 27.0 Å². The van der Waals surface area contributed by atoms with E-state index in [2.05, 4.69) is 17.9 Å². The molecule has 28 heavy (non-hydrogen) atoms. The Morgan fingerprint density at radius 1 is 1.04 bits per heavy atom. The van der Waals surface area contributed by atoms with Crippen molar-refractivity contribution in [2.45, 2.75) is 26.7 Å². The van der Waals surface area contributed by atoms with Crippen LogP contribution in [-0.2, 0) is 4.74 Å². The Hall–Kier alpha value is -2.50. The molecule has 1 aromatic rings. The molecule has 0 aromatic heterocycles. The minimum atomic E-state index is -1.16. The summed E-state index contributed by atoms with van der Waals surface area (Å²) < 4.78 is 64.8. The highest BCUT2D eigenvalue weighted by Crippen LogP contribution is 2.30. The van der Waals surface area contributed by atoms with Gasteiger partial charge in [0.15, 0.2) is 23.2 Å². The number of hydrogen-bond acceptors (Lipinski definition) is 2. The Bertz CT molecular complexity index is 781. The predicted molar refractivity (Wildman–Crippen MR) is 104 cm³/mol. The van der Waals surface area contributed by atoms with Crippen LogP contribution in [0.25, 0.3) is 6.08 Å². The minimum Gasteiger partial charge on any atom is -0.494 e. The summed E-state index contributed by atoms with van der Waals surface area (Å²) in [5, 5.41) is 0. The van der Waals surface area contributed by atoms with Crippen LogP contribution in [0, 0.1) is 23.5 Å². The second-order valence-electron chi connectivity index (χ2n) is 6.58. The fourth-order valence-corrected chi connectivity index (χ4v) is 2.45. The van der Waals surface area contributed by atoms with E-state index in [-0.39, 0.29) is 28.7 Å². The lowest BCUT2D eigenvalue weighted by atomic mass is 9.91. The zero-order chi connectivity index (χ0) is 21.4. The van der Waals surface area contributed by atoms with Gasteiger partial charge >= 0.3 is 0 Å². The van der Waals surface area contributed by atoms with Gasteiger partial charge in [-0.2, -0.15) is 8.78 Å². The first-order chi connectivity index (χ1) is 13.1. The lowest BCUT2D eigenvalue weighted by Gasteiger charge is -2.16. The summed E-state index contributed by atoms with van der Waals surface area (Å²) >= 11 is 0. The summed E-state index contributed by atoms with van der Waals surface area (Å²) in [7, 11) is 2.46. The molecule has 0 spiro atoms. The summed E-state index contributed by atoms with van der Waals surface area (Å²) in [4.78, 5) is 0. The molecular formula is C22H26F4O2. The van der Waals surface area contributed by atoms with E-state index in [1.165, 1.54) is 32.4 Å². The monoisotopic (exact) mass is 398 g/mol. The first kappa shape index (κ1) is 23.5. The molecule has 154 valence electrons. The van der Waals surface area contributed by atoms with E-state index in [1.807, 2.05) is 6.92 Å². The molecule has 0 aliphatic rings. The Balaban J connectivity index is 2.71. The standard InChI is InChI=1S/C22H26F4O2/c1-13(8-10-17-11-12-18(28-6)22(26)21(17)25)7-9-14(2)15(3)19(23)20(24)16(4)27-5/h8,10-14H,3-4,7,9H2,1-2,5-6H3/b10-8+,20-19-. The quantitative estimate of drug-likeness (QED) is 0.242. The van der Waals surface area contributed by atoms with Crippen LogP contribution in [0.5, 0.6) is 5.75 Å². The van der Waals surface area contributed by atoms with E-state index in [4.69, 9.17) is 4.74 Å². The molecule has 2 atom stereocenters. The van der Waals surface area contributed by atoms with Gasteiger partial charge in [-0.25, -0.2) is 8.78 Å². The number of methoxy groups -OCH3 is 2. The third-order valence-corrected chi connectivity index (χ3v) is 4.52. The Kier molecular flexibility index (Phi) is 9.03. The van der Waals surface area contributed by atoms with Crippen molar-refractivity contribution in [1.82, 2.24) is 0 Å². The van der Waals surface area contributed by atoms with Crippen molar-refractivity contribution in [3.8, 4) is 5.75 Å². The second-order valence-corrected chi connectivity index (χ2v) is 6.58. The number of halogens is 4. The maximum Gasteiger partial charge on any atom is 0.201 e. The molecule has 1 aromatic carbocycles. The molecule has 0 heterocycles. The molecule has 0 saturated heterocycles. The number of ether oxygens (including phenoxy) is 2. The minimum absolute atomic E-state index is 0.00522. The van der Waals surface area contributed by atoms with Gasteiger partial charge in [0.1, 0.15) is 5.76 Å². The zero-order valence-corrected chi connectivity index (χ0v) is 16.6. The van der Waals surface area contributed by atoms with Crippen LogP contribution in [0.3, 0.4) is 0 Å². The van der Waals surface area contributed by atoms with E-state index in [9.17, 15) is 17.6 Å². The highest BCUT2D eigenvalue weighted by Gasteiger charge is 2.19. The molecule has 0 radical (unpaired) electrons. The third kappa shape index (κ3) is 6.01. The molecule has 6 heteroatoms. The van der Waals surface area contributed by atoms with Crippen molar-refractivity contribution in [2.75, 3.05) is 14.2 Å². The van der Waals surface area contributed by atoms with Gasteiger partial charge in [0.05, 0.1) is 14.2 Å². The van der Waals surface area contributed by atoms with Gasteiger partial charge in [0.25, 0.3) is 0 Å². The van der Waals surface area contributed by atoms with Crippen molar-refractivity contribution in [2.24, 2.45) is 11.8 Å². The lowest BCUT2D eigenvalue weighted by molar-refractivity contribution is 0.280. The summed E-state index contributed by atoms with van der Waals surface area (Å²) in [6.45, 7) is 10.5. The van der Waals surface area contributed by atoms with Crippen LogP contribution in [-0.4, -0.2) is 14.2 Å². The third-order valence-electron chi connectivity index (χ3n) is 4.52. The molecule has 0 N–H and O–H groups in total. The van der Waals surface area contributed by atoms with Crippen molar-refractivity contribution in [1.29, 1.82) is 0 Å². The molecule has 2 nitrogen and oxygen atoms in total. The van der Waals surface area contributed by atoms with Crippen LogP contribution < -0.4 is 4.74 Å². The Morgan fingerprint density at radius 3 is 2.25 bits per heavy atom. The van der Waals surface area contributed by atoms with Crippen LogP contribution in [0.2, 0.25) is 0 Å². The van der Waals surface area contributed by atoms with Gasteiger partial charge in [0, 0.05) is 5.56 Å². The van der Waals surface area contributed by atoms with E-state index < -0.39 is 29.0 Å². The van der Waals surface area contributed by atoms with Gasteiger partial charge in [-0.15, -0.1) is 0 Å². The summed E-state index contributed by atoms with van der Waals surface area (Å²) in [6.07, 6.45) is 4.38. The summed E-state index contributed by atoms with van der Waals surface area (Å²) in [5.41, 5.74) is 0.131. The molecule has 0 aliphatic heterocycles. The molecule has 0 amide bonds. The Labute approximate surface area is 163 Å². The van der Waals surface area contributed by atoms with Crippen molar-refractivity contribution in [3.63, 3.8) is 0 Å². The average molecular weight is 398 g/mol. The van der Waals surface area contributed by atoms with Crippen LogP contribution >= 0.6 is 0 Å². The smallest absolute Gasteiger partial charge is 0.201 e. The SMILES string of the molecule is C=C(OC)/C(F)=C(/F)C(=C)C(C)CCC(C)/C=C/c1ccc(OC)c(F)c1F. The number of rotatable bonds is 10. The predicted octanol–water partition coefficient (Wildman–Crippen LogP) is 6.91. The molecular weight excluding hydrogens is 372 g/mol. The van der Waals surface area contributed by atoms with Crippen molar-refractivity contribution >= 4 is 6.08 Å². The molecule has 0 fully saturated rings. The summed E-state index contributed by atoms with van der Waals surface area (Å²) in [5.74, 6) is -5.12. The molecule has 1 rings (SSSR count). The molecule has 2 unspecified atom stereocenters. The first-order valence-corrected chi connectivity index (χ1v) is 8.81. The fraction of sp³-hybridized carbons (Fsp3) is 0.364. The number of allylic oxidation sites excluding steroid dienone is 4. The van der Waals surface area contributed by atoms with Gasteiger partial charge in [0.2, 0.25) is 5.82 Å². The summed E-state index contributed by atoms with van der Waals surface area (Å²) in [6, 6.07) is 2.78. The van der Waals surface area contributed by atoms with E-state index in [0.29, 0.717) is 12.8 Å². The zero-order valence-electron chi connectivity index (χ0n) is 16.6. The number of hydrogen-bond donors (Lipinski definition) is 0. The van der Waals surface area contributed by atoms with Crippen LogP contribution in [0.15, 0.2) is 54.4 Å². The Morgan fingerprint density at radius 2 is 1.68 bits per heavy atom. The highest BCUT2D eigenvalue weighted by molar-refractivity contribution is 5.52. The van der Waals surface area contributed by atoms with Crippen LogP contribution in [0.1, 0.15) is 32.3 Å². The largest absolute Gasteiger partial charge is 0.494 e. The average Bonchev–Trinajstić information content (AvgIpc) is 2.70.